The van der Waals surface area contributed by atoms with Gasteiger partial charge < -0.3 is 15.3 Å². The van der Waals surface area contributed by atoms with Gasteiger partial charge in [0.15, 0.2) is 0 Å². The smallest absolute Gasteiger partial charge is 0.0804 e. The SMILES string of the molecule is CC(C)[C@H]1CC[C@H]2[C@@H]3C[C@H](O)[C@H]4C[C@H](O)[C@@H](O)C[C@]4(C)[C@H]3CC[C@]12C. The Kier molecular flexibility index (Phi) is 4.34. The monoisotopic (exact) mass is 350 g/mol. The van der Waals surface area contributed by atoms with Gasteiger partial charge in [-0.05, 0) is 91.3 Å². The van der Waals surface area contributed by atoms with Gasteiger partial charge in [-0.2, -0.15) is 0 Å². The van der Waals surface area contributed by atoms with E-state index in [4.69, 9.17) is 0 Å². The van der Waals surface area contributed by atoms with E-state index in [-0.39, 0.29) is 17.4 Å². The summed E-state index contributed by atoms with van der Waals surface area (Å²) >= 11 is 0. The van der Waals surface area contributed by atoms with Crippen LogP contribution in [0.25, 0.3) is 0 Å². The molecule has 144 valence electrons. The molecule has 0 radical (unpaired) electrons. The first-order chi connectivity index (χ1) is 11.7. The number of hydrogen-bond donors (Lipinski definition) is 3. The summed E-state index contributed by atoms with van der Waals surface area (Å²) in [5.41, 5.74) is 0.420. The summed E-state index contributed by atoms with van der Waals surface area (Å²) in [4.78, 5) is 0. The van der Waals surface area contributed by atoms with Crippen LogP contribution in [-0.2, 0) is 0 Å². The Bertz CT molecular complexity index is 519. The summed E-state index contributed by atoms with van der Waals surface area (Å²) in [6, 6.07) is 0. The lowest BCUT2D eigenvalue weighted by Gasteiger charge is -2.62. The van der Waals surface area contributed by atoms with Gasteiger partial charge >= 0.3 is 0 Å². The summed E-state index contributed by atoms with van der Waals surface area (Å²) in [5, 5.41) is 31.5. The highest BCUT2D eigenvalue weighted by Crippen LogP contribution is 2.68. The molecule has 0 spiro atoms. The second kappa shape index (κ2) is 5.94. The average molecular weight is 351 g/mol. The standard InChI is InChI=1S/C22H38O3/c1-12(2)14-5-6-15-13-9-18(23)17-10-19(24)20(25)11-22(17,4)16(13)7-8-21(14,15)3/h12-20,23-25H,5-11H2,1-4H3/t13-,14+,15-,16-,17+,18-,19-,20-,21+,22+/m0/s1. The summed E-state index contributed by atoms with van der Waals surface area (Å²) in [6.45, 7) is 9.61. The van der Waals surface area contributed by atoms with Gasteiger partial charge in [-0.1, -0.05) is 27.7 Å². The van der Waals surface area contributed by atoms with Crippen LogP contribution in [0.1, 0.15) is 72.6 Å². The van der Waals surface area contributed by atoms with Crippen molar-refractivity contribution in [2.24, 2.45) is 46.3 Å². The highest BCUT2D eigenvalue weighted by atomic mass is 16.3. The van der Waals surface area contributed by atoms with Crippen molar-refractivity contribution in [1.29, 1.82) is 0 Å². The fourth-order valence-corrected chi connectivity index (χ4v) is 8.46. The van der Waals surface area contributed by atoms with Gasteiger partial charge in [-0.3, -0.25) is 0 Å². The molecule has 0 aromatic heterocycles. The quantitative estimate of drug-likeness (QED) is 0.677. The average Bonchev–Trinajstić information content (AvgIpc) is 2.88. The summed E-state index contributed by atoms with van der Waals surface area (Å²) in [5.74, 6) is 3.65. The maximum Gasteiger partial charge on any atom is 0.0804 e. The van der Waals surface area contributed by atoms with Gasteiger partial charge in [-0.15, -0.1) is 0 Å². The largest absolute Gasteiger partial charge is 0.393 e. The summed E-state index contributed by atoms with van der Waals surface area (Å²) in [6.07, 6.45) is 5.77. The second-order valence-corrected chi connectivity index (χ2v) is 10.8. The second-order valence-electron chi connectivity index (χ2n) is 10.8. The van der Waals surface area contributed by atoms with Gasteiger partial charge in [0.1, 0.15) is 0 Å². The molecule has 10 atom stereocenters. The molecule has 3 heteroatoms. The molecule has 4 saturated carbocycles. The van der Waals surface area contributed by atoms with E-state index in [0.29, 0.717) is 30.1 Å². The van der Waals surface area contributed by atoms with Gasteiger partial charge in [-0.25, -0.2) is 0 Å². The molecule has 0 aromatic rings. The van der Waals surface area contributed by atoms with Gasteiger partial charge in [0.25, 0.3) is 0 Å². The Morgan fingerprint density at radius 1 is 0.760 bits per heavy atom. The molecule has 3 N–H and O–H groups in total. The zero-order chi connectivity index (χ0) is 18.1. The zero-order valence-electron chi connectivity index (χ0n) is 16.5. The van der Waals surface area contributed by atoms with E-state index in [1.807, 2.05) is 0 Å². The van der Waals surface area contributed by atoms with Crippen LogP contribution in [0.5, 0.6) is 0 Å². The van der Waals surface area contributed by atoms with E-state index < -0.39 is 12.2 Å². The van der Waals surface area contributed by atoms with Crippen LogP contribution >= 0.6 is 0 Å². The highest BCUT2D eigenvalue weighted by Gasteiger charge is 2.63. The Balaban J connectivity index is 1.65. The minimum Gasteiger partial charge on any atom is -0.393 e. The molecule has 0 heterocycles. The lowest BCUT2D eigenvalue weighted by molar-refractivity contribution is -0.195. The molecule has 4 aliphatic carbocycles. The number of fused-ring (bicyclic) bond motifs is 5. The molecule has 0 amide bonds. The molecule has 0 bridgehead atoms. The fourth-order valence-electron chi connectivity index (χ4n) is 8.46. The minimum atomic E-state index is -0.657. The number of hydrogen-bond acceptors (Lipinski definition) is 3. The van der Waals surface area contributed by atoms with Crippen molar-refractivity contribution >= 4 is 0 Å². The van der Waals surface area contributed by atoms with E-state index >= 15 is 0 Å². The first-order valence-electron chi connectivity index (χ1n) is 10.7. The van der Waals surface area contributed by atoms with Crippen LogP contribution in [0.2, 0.25) is 0 Å². The van der Waals surface area contributed by atoms with Crippen LogP contribution in [0.3, 0.4) is 0 Å². The molecule has 4 aliphatic rings. The van der Waals surface area contributed by atoms with Crippen molar-refractivity contribution in [3.05, 3.63) is 0 Å². The van der Waals surface area contributed by atoms with E-state index in [9.17, 15) is 15.3 Å². The molecule has 4 fully saturated rings. The van der Waals surface area contributed by atoms with Crippen molar-refractivity contribution in [3.63, 3.8) is 0 Å². The lowest BCUT2D eigenvalue weighted by atomic mass is 9.43. The molecule has 4 rings (SSSR count). The van der Waals surface area contributed by atoms with Crippen molar-refractivity contribution in [2.45, 2.75) is 91.0 Å². The van der Waals surface area contributed by atoms with Gasteiger partial charge in [0, 0.05) is 0 Å². The third-order valence-corrected chi connectivity index (χ3v) is 9.58. The fraction of sp³-hybridized carbons (Fsp3) is 1.00. The predicted molar refractivity (Wildman–Crippen MR) is 98.8 cm³/mol. The predicted octanol–water partition coefficient (Wildman–Crippen LogP) is 3.60. The Morgan fingerprint density at radius 2 is 1.44 bits per heavy atom. The van der Waals surface area contributed by atoms with Crippen LogP contribution in [-0.4, -0.2) is 33.6 Å². The Hall–Kier alpha value is -0.120. The van der Waals surface area contributed by atoms with Gasteiger partial charge in [0.2, 0.25) is 0 Å². The van der Waals surface area contributed by atoms with Gasteiger partial charge in [0.05, 0.1) is 18.3 Å². The maximum absolute atomic E-state index is 11.0. The van der Waals surface area contributed by atoms with Crippen LogP contribution in [0, 0.1) is 46.3 Å². The number of aliphatic hydroxyl groups excluding tert-OH is 3. The van der Waals surface area contributed by atoms with Crippen molar-refractivity contribution in [1.82, 2.24) is 0 Å². The normalized spacial score (nSPS) is 58.6. The third-order valence-electron chi connectivity index (χ3n) is 9.58. The minimum absolute atomic E-state index is 0.0156. The van der Waals surface area contributed by atoms with E-state index in [1.165, 1.54) is 25.7 Å². The molecule has 0 saturated heterocycles. The van der Waals surface area contributed by atoms with Crippen LogP contribution < -0.4 is 0 Å². The van der Waals surface area contributed by atoms with E-state index in [2.05, 4.69) is 27.7 Å². The molecular formula is C22H38O3. The topological polar surface area (TPSA) is 60.7 Å². The molecule has 0 aliphatic heterocycles. The zero-order valence-corrected chi connectivity index (χ0v) is 16.5. The highest BCUT2D eigenvalue weighted by molar-refractivity contribution is 5.12. The number of rotatable bonds is 1. The number of aliphatic hydroxyl groups is 3. The third kappa shape index (κ3) is 2.48. The first kappa shape index (κ1) is 18.3. The Labute approximate surface area is 153 Å². The molecule has 3 nitrogen and oxygen atoms in total. The molecule has 25 heavy (non-hydrogen) atoms. The molecule has 0 aromatic carbocycles. The molecular weight excluding hydrogens is 312 g/mol. The summed E-state index contributed by atoms with van der Waals surface area (Å²) < 4.78 is 0. The van der Waals surface area contributed by atoms with E-state index in [0.717, 1.165) is 24.2 Å². The summed E-state index contributed by atoms with van der Waals surface area (Å²) in [7, 11) is 0. The van der Waals surface area contributed by atoms with Crippen LogP contribution in [0.4, 0.5) is 0 Å². The lowest BCUT2D eigenvalue weighted by Crippen LogP contribution is -2.60. The first-order valence-corrected chi connectivity index (χ1v) is 10.7. The van der Waals surface area contributed by atoms with Crippen molar-refractivity contribution in [3.8, 4) is 0 Å². The van der Waals surface area contributed by atoms with E-state index in [1.54, 1.807) is 0 Å². The van der Waals surface area contributed by atoms with Crippen molar-refractivity contribution < 1.29 is 15.3 Å². The molecule has 0 unspecified atom stereocenters. The van der Waals surface area contributed by atoms with Crippen LogP contribution in [0.15, 0.2) is 0 Å². The maximum atomic E-state index is 11.0. The Morgan fingerprint density at radius 3 is 2.12 bits per heavy atom. The van der Waals surface area contributed by atoms with Crippen molar-refractivity contribution in [2.75, 3.05) is 0 Å².